The van der Waals surface area contributed by atoms with Crippen LogP contribution in [0.4, 0.5) is 5.69 Å². The third kappa shape index (κ3) is 5.70. The summed E-state index contributed by atoms with van der Waals surface area (Å²) in [5.74, 6) is 0.820. The first-order valence-corrected chi connectivity index (χ1v) is 9.83. The summed E-state index contributed by atoms with van der Waals surface area (Å²) in [6.45, 7) is 2.93. The zero-order chi connectivity index (χ0) is 19.1. The zero-order valence-electron chi connectivity index (χ0n) is 15.5. The molecule has 144 valence electrons. The van der Waals surface area contributed by atoms with Gasteiger partial charge in [-0.3, -0.25) is 4.79 Å². The highest BCUT2D eigenvalue weighted by atomic mass is 35.5. The van der Waals surface area contributed by atoms with Gasteiger partial charge in [0.1, 0.15) is 11.8 Å². The molecule has 2 unspecified atom stereocenters. The molecule has 3 rings (SSSR count). The van der Waals surface area contributed by atoms with Crippen molar-refractivity contribution in [2.75, 3.05) is 11.9 Å². The van der Waals surface area contributed by atoms with E-state index in [-0.39, 0.29) is 18.0 Å². The fourth-order valence-electron chi connectivity index (χ4n) is 3.05. The molecule has 1 heterocycles. The Bertz CT molecular complexity index is 734. The van der Waals surface area contributed by atoms with Crippen LogP contribution < -0.4 is 20.9 Å². The number of rotatable bonds is 8. The minimum atomic E-state index is -0.296. The summed E-state index contributed by atoms with van der Waals surface area (Å²) in [7, 11) is 0. The highest BCUT2D eigenvalue weighted by Crippen LogP contribution is 2.25. The second-order valence-corrected chi connectivity index (χ2v) is 7.19. The maximum atomic E-state index is 12.4. The molecule has 0 aliphatic carbocycles. The van der Waals surface area contributed by atoms with Gasteiger partial charge in [-0.1, -0.05) is 43.5 Å². The van der Waals surface area contributed by atoms with Gasteiger partial charge >= 0.3 is 0 Å². The Kier molecular flexibility index (Phi) is 7.10. The number of carbonyl (C=O) groups excluding carboxylic acids is 1. The van der Waals surface area contributed by atoms with Gasteiger partial charge in [0.25, 0.3) is 0 Å². The van der Waals surface area contributed by atoms with Gasteiger partial charge in [0, 0.05) is 16.8 Å². The van der Waals surface area contributed by atoms with Gasteiger partial charge in [0.2, 0.25) is 5.91 Å². The minimum absolute atomic E-state index is 0.0665. The Hall–Kier alpha value is -2.08. The van der Waals surface area contributed by atoms with E-state index < -0.39 is 0 Å². The predicted molar refractivity (Wildman–Crippen MR) is 109 cm³/mol. The van der Waals surface area contributed by atoms with Crippen LogP contribution in [0.1, 0.15) is 44.2 Å². The summed E-state index contributed by atoms with van der Waals surface area (Å²) >= 11 is 5.87. The largest absolute Gasteiger partial charge is 0.494 e. The molecule has 3 N–H and O–H groups in total. The van der Waals surface area contributed by atoms with Crippen LogP contribution in [0.2, 0.25) is 5.02 Å². The number of hydrogen-bond acceptors (Lipinski definition) is 4. The molecule has 1 amide bonds. The first-order chi connectivity index (χ1) is 13.2. The fraction of sp³-hybridized carbons (Fsp3) is 0.381. The minimum Gasteiger partial charge on any atom is -0.494 e. The molecule has 0 spiro atoms. The second kappa shape index (κ2) is 9.74. The Labute approximate surface area is 165 Å². The molecule has 0 bridgehead atoms. The summed E-state index contributed by atoms with van der Waals surface area (Å²) in [6.07, 6.45) is 4.14. The van der Waals surface area contributed by atoms with Crippen molar-refractivity contribution in [1.82, 2.24) is 10.9 Å². The molecule has 6 heteroatoms. The summed E-state index contributed by atoms with van der Waals surface area (Å²) in [4.78, 5) is 12.4. The van der Waals surface area contributed by atoms with Crippen LogP contribution >= 0.6 is 11.6 Å². The van der Waals surface area contributed by atoms with Crippen LogP contribution in [0, 0.1) is 0 Å². The smallest absolute Gasteiger partial charge is 0.242 e. The number of benzene rings is 2. The average molecular weight is 388 g/mol. The molecule has 0 aromatic heterocycles. The quantitative estimate of drug-likeness (QED) is 0.585. The Morgan fingerprint density at radius 2 is 1.85 bits per heavy atom. The number of carbonyl (C=O) groups is 1. The number of unbranched alkanes of at least 4 members (excludes halogenated alkanes) is 2. The summed E-state index contributed by atoms with van der Waals surface area (Å²) < 4.78 is 5.75. The number of halogens is 1. The normalized spacial score (nSPS) is 19.0. The van der Waals surface area contributed by atoms with Gasteiger partial charge in [0.05, 0.1) is 6.61 Å². The maximum Gasteiger partial charge on any atom is 0.242 e. The molecule has 27 heavy (non-hydrogen) atoms. The van der Waals surface area contributed by atoms with Crippen molar-refractivity contribution in [3.63, 3.8) is 0 Å². The maximum absolute atomic E-state index is 12.4. The van der Waals surface area contributed by atoms with Crippen LogP contribution in [0.3, 0.4) is 0 Å². The lowest BCUT2D eigenvalue weighted by molar-refractivity contribution is -0.117. The van der Waals surface area contributed by atoms with Gasteiger partial charge in [0.15, 0.2) is 0 Å². The van der Waals surface area contributed by atoms with Crippen molar-refractivity contribution >= 4 is 23.2 Å². The predicted octanol–water partition coefficient (Wildman–Crippen LogP) is 4.46. The van der Waals surface area contributed by atoms with E-state index in [0.717, 1.165) is 30.0 Å². The van der Waals surface area contributed by atoms with Crippen molar-refractivity contribution in [1.29, 1.82) is 0 Å². The van der Waals surface area contributed by atoms with Crippen LogP contribution in [0.5, 0.6) is 5.75 Å². The Balaban J connectivity index is 1.49. The first-order valence-electron chi connectivity index (χ1n) is 9.46. The SMILES string of the molecule is CCCCCOc1ccc(C2CC(C(=O)Nc3ccc(Cl)cc3)NN2)cc1. The fourth-order valence-corrected chi connectivity index (χ4v) is 3.17. The molecule has 0 saturated carbocycles. The highest BCUT2D eigenvalue weighted by Gasteiger charge is 2.30. The average Bonchev–Trinajstić information content (AvgIpc) is 3.18. The number of hydrogen-bond donors (Lipinski definition) is 3. The third-order valence-electron chi connectivity index (χ3n) is 4.63. The molecular weight excluding hydrogens is 362 g/mol. The zero-order valence-corrected chi connectivity index (χ0v) is 16.3. The van der Waals surface area contributed by atoms with E-state index in [9.17, 15) is 4.79 Å². The first kappa shape index (κ1) is 19.7. The summed E-state index contributed by atoms with van der Waals surface area (Å²) in [5, 5.41) is 3.55. The van der Waals surface area contributed by atoms with Gasteiger partial charge in [-0.2, -0.15) is 0 Å². The van der Waals surface area contributed by atoms with E-state index in [1.807, 2.05) is 24.3 Å². The molecule has 2 aromatic rings. The number of anilines is 1. The summed E-state index contributed by atoms with van der Waals surface area (Å²) in [5.41, 5.74) is 8.15. The van der Waals surface area contributed by atoms with E-state index in [2.05, 4.69) is 23.1 Å². The van der Waals surface area contributed by atoms with E-state index in [0.29, 0.717) is 11.4 Å². The Morgan fingerprint density at radius 3 is 2.56 bits per heavy atom. The van der Waals surface area contributed by atoms with Gasteiger partial charge in [-0.05, 0) is 54.8 Å². The van der Waals surface area contributed by atoms with Crippen molar-refractivity contribution < 1.29 is 9.53 Å². The van der Waals surface area contributed by atoms with E-state index >= 15 is 0 Å². The highest BCUT2D eigenvalue weighted by molar-refractivity contribution is 6.30. The molecule has 1 fully saturated rings. The van der Waals surface area contributed by atoms with Gasteiger partial charge < -0.3 is 10.1 Å². The molecule has 0 radical (unpaired) electrons. The summed E-state index contributed by atoms with van der Waals surface area (Å²) in [6, 6.07) is 15.0. The van der Waals surface area contributed by atoms with Crippen molar-refractivity contribution in [2.45, 2.75) is 44.7 Å². The molecule has 2 aromatic carbocycles. The number of hydrazine groups is 1. The topological polar surface area (TPSA) is 62.4 Å². The molecule has 1 aliphatic rings. The lowest BCUT2D eigenvalue weighted by atomic mass is 10.0. The molecule has 2 atom stereocenters. The lowest BCUT2D eigenvalue weighted by Gasteiger charge is -2.12. The lowest BCUT2D eigenvalue weighted by Crippen LogP contribution is -2.39. The number of ether oxygens (including phenoxy) is 1. The van der Waals surface area contributed by atoms with E-state index in [1.54, 1.807) is 24.3 Å². The second-order valence-electron chi connectivity index (χ2n) is 6.75. The van der Waals surface area contributed by atoms with E-state index in [1.165, 1.54) is 12.8 Å². The molecular formula is C21H26ClN3O2. The van der Waals surface area contributed by atoms with Crippen molar-refractivity contribution in [3.8, 4) is 5.75 Å². The third-order valence-corrected chi connectivity index (χ3v) is 4.88. The van der Waals surface area contributed by atoms with Crippen LogP contribution in [0.15, 0.2) is 48.5 Å². The standard InChI is InChI=1S/C21H26ClN3O2/c1-2-3-4-13-27-18-11-5-15(6-12-18)19-14-20(25-24-19)21(26)23-17-9-7-16(22)8-10-17/h5-12,19-20,24-25H,2-4,13-14H2,1H3,(H,23,26). The molecule has 1 aliphatic heterocycles. The van der Waals surface area contributed by atoms with Crippen LogP contribution in [-0.2, 0) is 4.79 Å². The number of nitrogens with one attached hydrogen (secondary N) is 3. The van der Waals surface area contributed by atoms with Crippen LogP contribution in [0.25, 0.3) is 0 Å². The van der Waals surface area contributed by atoms with Crippen LogP contribution in [-0.4, -0.2) is 18.6 Å². The van der Waals surface area contributed by atoms with Crippen molar-refractivity contribution in [2.24, 2.45) is 0 Å². The molecule has 5 nitrogen and oxygen atoms in total. The number of amides is 1. The molecule has 1 saturated heterocycles. The van der Waals surface area contributed by atoms with Crippen molar-refractivity contribution in [3.05, 3.63) is 59.1 Å². The van der Waals surface area contributed by atoms with E-state index in [4.69, 9.17) is 16.3 Å². The van der Waals surface area contributed by atoms with Gasteiger partial charge in [-0.25, -0.2) is 10.9 Å². The Morgan fingerprint density at radius 1 is 1.11 bits per heavy atom. The van der Waals surface area contributed by atoms with Gasteiger partial charge in [-0.15, -0.1) is 0 Å². The monoisotopic (exact) mass is 387 g/mol.